The van der Waals surface area contributed by atoms with Crippen molar-refractivity contribution in [2.24, 2.45) is 0 Å². The van der Waals surface area contributed by atoms with Crippen molar-refractivity contribution in [2.45, 2.75) is 26.3 Å². The van der Waals surface area contributed by atoms with Crippen LogP contribution in [0.4, 0.5) is 10.5 Å². The summed E-state index contributed by atoms with van der Waals surface area (Å²) in [6.07, 6.45) is 1.68. The van der Waals surface area contributed by atoms with Gasteiger partial charge in [0.1, 0.15) is 0 Å². The van der Waals surface area contributed by atoms with Gasteiger partial charge in [-0.2, -0.15) is 0 Å². The number of urea groups is 1. The number of carboxylic acids is 1. The molecule has 0 saturated heterocycles. The van der Waals surface area contributed by atoms with E-state index in [1.165, 1.54) is 0 Å². The fourth-order valence-corrected chi connectivity index (χ4v) is 2.92. The summed E-state index contributed by atoms with van der Waals surface area (Å²) in [6.45, 7) is 3.80. The third kappa shape index (κ3) is 5.65. The summed E-state index contributed by atoms with van der Waals surface area (Å²) in [4.78, 5) is 27.1. The Morgan fingerprint density at radius 1 is 0.931 bits per heavy atom. The van der Waals surface area contributed by atoms with Crippen LogP contribution in [0, 0.1) is 0 Å². The summed E-state index contributed by atoms with van der Waals surface area (Å²) < 4.78 is 0. The standard InChI is InChI=1S/C23H23N3O3/c1-15(2)25-23(29)26-20-11-12-24-21(14-20)19-9-7-18(8-10-19)17-5-3-16(4-6-17)13-22(27)28/h3-12,14-15H,13H2,1-2H3,(H,27,28)(H2,24,25,26,29). The van der Waals surface area contributed by atoms with Crippen LogP contribution in [0.1, 0.15) is 19.4 Å². The minimum Gasteiger partial charge on any atom is -0.481 e. The Morgan fingerprint density at radius 3 is 2.10 bits per heavy atom. The Bertz CT molecular complexity index is 997. The van der Waals surface area contributed by atoms with E-state index in [1.54, 1.807) is 12.3 Å². The third-order valence-electron chi connectivity index (χ3n) is 4.26. The van der Waals surface area contributed by atoms with Crippen LogP contribution in [0.25, 0.3) is 22.4 Å². The lowest BCUT2D eigenvalue weighted by molar-refractivity contribution is -0.136. The van der Waals surface area contributed by atoms with Gasteiger partial charge in [0.25, 0.3) is 0 Å². The van der Waals surface area contributed by atoms with E-state index in [0.29, 0.717) is 5.69 Å². The van der Waals surface area contributed by atoms with Gasteiger partial charge in [-0.1, -0.05) is 48.5 Å². The van der Waals surface area contributed by atoms with E-state index in [2.05, 4.69) is 15.6 Å². The van der Waals surface area contributed by atoms with Gasteiger partial charge in [0.2, 0.25) is 0 Å². The van der Waals surface area contributed by atoms with Crippen molar-refractivity contribution in [2.75, 3.05) is 5.32 Å². The molecule has 3 aromatic rings. The Labute approximate surface area is 169 Å². The molecule has 1 heterocycles. The second kappa shape index (κ2) is 9.01. The maximum atomic E-state index is 11.9. The van der Waals surface area contributed by atoms with Crippen molar-refractivity contribution >= 4 is 17.7 Å². The molecule has 0 unspecified atom stereocenters. The van der Waals surface area contributed by atoms with Gasteiger partial charge < -0.3 is 15.7 Å². The average Bonchev–Trinajstić information content (AvgIpc) is 2.68. The summed E-state index contributed by atoms with van der Waals surface area (Å²) in [5.41, 5.74) is 5.18. The van der Waals surface area contributed by atoms with Gasteiger partial charge in [0.05, 0.1) is 12.1 Å². The van der Waals surface area contributed by atoms with Gasteiger partial charge in [-0.05, 0) is 42.7 Å². The highest BCUT2D eigenvalue weighted by Crippen LogP contribution is 2.25. The largest absolute Gasteiger partial charge is 0.481 e. The Kier molecular flexibility index (Phi) is 6.24. The Hall–Kier alpha value is -3.67. The lowest BCUT2D eigenvalue weighted by Gasteiger charge is -2.11. The highest BCUT2D eigenvalue weighted by molar-refractivity contribution is 5.90. The molecule has 1 aromatic heterocycles. The van der Waals surface area contributed by atoms with Crippen molar-refractivity contribution in [3.05, 3.63) is 72.4 Å². The molecule has 0 saturated carbocycles. The number of carboxylic acid groups (broad SMARTS) is 1. The van der Waals surface area contributed by atoms with Gasteiger partial charge in [0, 0.05) is 23.5 Å². The van der Waals surface area contributed by atoms with Crippen molar-refractivity contribution in [1.29, 1.82) is 0 Å². The maximum absolute atomic E-state index is 11.9. The number of aliphatic carboxylic acids is 1. The maximum Gasteiger partial charge on any atom is 0.319 e. The molecule has 0 aliphatic heterocycles. The molecule has 0 bridgehead atoms. The quantitative estimate of drug-likeness (QED) is 0.576. The average molecular weight is 389 g/mol. The zero-order chi connectivity index (χ0) is 20.8. The fraction of sp³-hybridized carbons (Fsp3) is 0.174. The molecule has 3 rings (SSSR count). The van der Waals surface area contributed by atoms with E-state index in [0.717, 1.165) is 27.9 Å². The first kappa shape index (κ1) is 20.1. The molecule has 0 fully saturated rings. The highest BCUT2D eigenvalue weighted by Gasteiger charge is 2.07. The predicted octanol–water partition coefficient (Wildman–Crippen LogP) is 4.57. The number of hydrogen-bond acceptors (Lipinski definition) is 3. The van der Waals surface area contributed by atoms with Crippen molar-refractivity contribution < 1.29 is 14.7 Å². The van der Waals surface area contributed by atoms with Gasteiger partial charge in [-0.15, -0.1) is 0 Å². The zero-order valence-corrected chi connectivity index (χ0v) is 16.3. The first-order valence-electron chi connectivity index (χ1n) is 9.36. The second-order valence-electron chi connectivity index (χ2n) is 7.03. The number of aromatic nitrogens is 1. The molecule has 0 aliphatic rings. The number of pyridine rings is 1. The number of carbonyl (C=O) groups excluding carboxylic acids is 1. The lowest BCUT2D eigenvalue weighted by Crippen LogP contribution is -2.34. The molecule has 29 heavy (non-hydrogen) atoms. The zero-order valence-electron chi connectivity index (χ0n) is 16.3. The number of rotatable bonds is 6. The minimum absolute atomic E-state index is 0.0183. The lowest BCUT2D eigenvalue weighted by atomic mass is 10.0. The number of amides is 2. The molecule has 148 valence electrons. The van der Waals surface area contributed by atoms with Crippen LogP contribution in [0.2, 0.25) is 0 Å². The molecule has 2 amide bonds. The van der Waals surface area contributed by atoms with Crippen molar-refractivity contribution in [1.82, 2.24) is 10.3 Å². The van der Waals surface area contributed by atoms with Crippen molar-refractivity contribution in [3.8, 4) is 22.4 Å². The summed E-state index contributed by atoms with van der Waals surface area (Å²) in [5.74, 6) is -0.840. The summed E-state index contributed by atoms with van der Waals surface area (Å²) in [5, 5.41) is 14.5. The topological polar surface area (TPSA) is 91.3 Å². The molecule has 6 nitrogen and oxygen atoms in total. The van der Waals surface area contributed by atoms with Crippen LogP contribution in [0.15, 0.2) is 66.9 Å². The smallest absolute Gasteiger partial charge is 0.319 e. The van der Waals surface area contributed by atoms with E-state index in [1.807, 2.05) is 68.4 Å². The van der Waals surface area contributed by atoms with Crippen LogP contribution in [0.5, 0.6) is 0 Å². The molecular formula is C23H23N3O3. The van der Waals surface area contributed by atoms with Crippen LogP contribution in [-0.2, 0) is 11.2 Å². The number of hydrogen-bond donors (Lipinski definition) is 3. The third-order valence-corrected chi connectivity index (χ3v) is 4.26. The minimum atomic E-state index is -0.840. The van der Waals surface area contributed by atoms with Crippen LogP contribution in [-0.4, -0.2) is 28.1 Å². The van der Waals surface area contributed by atoms with E-state index >= 15 is 0 Å². The van der Waals surface area contributed by atoms with Crippen LogP contribution >= 0.6 is 0 Å². The molecule has 3 N–H and O–H groups in total. The fourth-order valence-electron chi connectivity index (χ4n) is 2.92. The molecule has 0 radical (unpaired) electrons. The SMILES string of the molecule is CC(C)NC(=O)Nc1ccnc(-c2ccc(-c3ccc(CC(=O)O)cc3)cc2)c1. The van der Waals surface area contributed by atoms with E-state index in [-0.39, 0.29) is 18.5 Å². The van der Waals surface area contributed by atoms with Crippen molar-refractivity contribution in [3.63, 3.8) is 0 Å². The number of carbonyl (C=O) groups is 2. The number of anilines is 1. The Balaban J connectivity index is 1.74. The summed E-state index contributed by atoms with van der Waals surface area (Å²) >= 11 is 0. The predicted molar refractivity (Wildman–Crippen MR) is 114 cm³/mol. The molecule has 0 atom stereocenters. The highest BCUT2D eigenvalue weighted by atomic mass is 16.4. The Morgan fingerprint density at radius 2 is 1.52 bits per heavy atom. The summed E-state index contributed by atoms with van der Waals surface area (Å²) in [7, 11) is 0. The number of nitrogens with zero attached hydrogens (tertiary/aromatic N) is 1. The molecule has 0 aliphatic carbocycles. The van der Waals surface area contributed by atoms with E-state index in [4.69, 9.17) is 5.11 Å². The van der Waals surface area contributed by atoms with Gasteiger partial charge in [-0.3, -0.25) is 9.78 Å². The van der Waals surface area contributed by atoms with Gasteiger partial charge >= 0.3 is 12.0 Å². The first-order valence-corrected chi connectivity index (χ1v) is 9.36. The normalized spacial score (nSPS) is 10.6. The van der Waals surface area contributed by atoms with E-state index < -0.39 is 5.97 Å². The van der Waals surface area contributed by atoms with E-state index in [9.17, 15) is 9.59 Å². The van der Waals surface area contributed by atoms with Crippen LogP contribution < -0.4 is 10.6 Å². The molecule has 0 spiro atoms. The molecular weight excluding hydrogens is 366 g/mol. The second-order valence-corrected chi connectivity index (χ2v) is 7.03. The van der Waals surface area contributed by atoms with Gasteiger partial charge in [-0.25, -0.2) is 4.79 Å². The van der Waals surface area contributed by atoms with Crippen LogP contribution in [0.3, 0.4) is 0 Å². The molecule has 6 heteroatoms. The van der Waals surface area contributed by atoms with Gasteiger partial charge in [0.15, 0.2) is 0 Å². The monoisotopic (exact) mass is 389 g/mol. The molecule has 2 aromatic carbocycles. The number of nitrogens with one attached hydrogen (secondary N) is 2. The first-order chi connectivity index (χ1) is 13.9. The number of benzene rings is 2. The summed E-state index contributed by atoms with van der Waals surface area (Å²) in [6, 6.07) is 18.8.